The van der Waals surface area contributed by atoms with Crippen molar-refractivity contribution in [3.63, 3.8) is 0 Å². The highest BCUT2D eigenvalue weighted by atomic mass is 35.5. The van der Waals surface area contributed by atoms with Gasteiger partial charge in [0, 0.05) is 18.1 Å². The summed E-state index contributed by atoms with van der Waals surface area (Å²) in [6.07, 6.45) is -0.427. The minimum atomic E-state index is -4.60. The molecule has 0 saturated carbocycles. The van der Waals surface area contributed by atoms with E-state index in [4.69, 9.17) is 11.6 Å². The number of alkyl halides is 3. The van der Waals surface area contributed by atoms with Crippen LogP contribution in [0.3, 0.4) is 0 Å². The summed E-state index contributed by atoms with van der Waals surface area (Å²) in [5.74, 6) is -0.681. The largest absolute Gasteiger partial charge is 0.417 e. The quantitative estimate of drug-likeness (QED) is 0.451. The van der Waals surface area contributed by atoms with E-state index in [9.17, 15) is 18.0 Å². The number of aromatic amines is 1. The predicted octanol–water partition coefficient (Wildman–Crippen LogP) is 5.47. The van der Waals surface area contributed by atoms with Crippen molar-refractivity contribution in [3.8, 4) is 0 Å². The molecule has 0 atom stereocenters. The van der Waals surface area contributed by atoms with E-state index >= 15 is 0 Å². The predicted molar refractivity (Wildman–Crippen MR) is 108 cm³/mol. The number of carbonyl (C=O) groups is 1. The molecule has 0 aliphatic carbocycles. The lowest BCUT2D eigenvalue weighted by Crippen LogP contribution is -2.13. The van der Waals surface area contributed by atoms with Gasteiger partial charge in [-0.3, -0.25) is 9.78 Å². The van der Waals surface area contributed by atoms with Crippen molar-refractivity contribution in [2.45, 2.75) is 12.6 Å². The van der Waals surface area contributed by atoms with E-state index in [1.807, 2.05) is 24.3 Å². The van der Waals surface area contributed by atoms with Gasteiger partial charge in [-0.05, 0) is 53.9 Å². The van der Waals surface area contributed by atoms with Gasteiger partial charge in [-0.1, -0.05) is 23.7 Å². The maximum absolute atomic E-state index is 13.0. The van der Waals surface area contributed by atoms with Crippen molar-refractivity contribution in [2.24, 2.45) is 0 Å². The number of imidazole rings is 1. The minimum absolute atomic E-state index is 0.0737. The molecule has 0 bridgehead atoms. The van der Waals surface area contributed by atoms with Gasteiger partial charge in [-0.25, -0.2) is 4.98 Å². The third kappa shape index (κ3) is 4.28. The average molecular weight is 431 g/mol. The van der Waals surface area contributed by atoms with Gasteiger partial charge in [0.15, 0.2) is 5.82 Å². The molecular weight excluding hydrogens is 417 g/mol. The van der Waals surface area contributed by atoms with E-state index in [-0.39, 0.29) is 16.9 Å². The number of halogens is 4. The Bertz CT molecular complexity index is 1200. The van der Waals surface area contributed by atoms with Crippen LogP contribution in [0.1, 0.15) is 27.3 Å². The van der Waals surface area contributed by atoms with Crippen LogP contribution in [-0.2, 0) is 12.6 Å². The second-order valence-electron chi connectivity index (χ2n) is 6.62. The number of anilines is 1. The zero-order chi connectivity index (χ0) is 21.3. The van der Waals surface area contributed by atoms with E-state index < -0.39 is 22.7 Å². The van der Waals surface area contributed by atoms with E-state index in [1.165, 1.54) is 0 Å². The first kappa shape index (κ1) is 19.9. The molecule has 2 aromatic carbocycles. The zero-order valence-corrected chi connectivity index (χ0v) is 16.1. The third-order valence-electron chi connectivity index (χ3n) is 4.46. The summed E-state index contributed by atoms with van der Waals surface area (Å²) in [4.78, 5) is 23.1. The maximum Gasteiger partial charge on any atom is 0.417 e. The van der Waals surface area contributed by atoms with Gasteiger partial charge in [-0.2, -0.15) is 13.2 Å². The van der Waals surface area contributed by atoms with Crippen LogP contribution >= 0.6 is 11.6 Å². The van der Waals surface area contributed by atoms with Gasteiger partial charge in [0.2, 0.25) is 0 Å². The summed E-state index contributed by atoms with van der Waals surface area (Å²) in [7, 11) is 0. The van der Waals surface area contributed by atoms with Crippen LogP contribution < -0.4 is 5.32 Å². The lowest BCUT2D eigenvalue weighted by molar-refractivity contribution is -0.137. The highest BCUT2D eigenvalue weighted by molar-refractivity contribution is 6.32. The molecule has 4 rings (SSSR count). The summed E-state index contributed by atoms with van der Waals surface area (Å²) in [6.45, 7) is 0. The first-order valence-electron chi connectivity index (χ1n) is 8.85. The van der Waals surface area contributed by atoms with E-state index in [0.717, 1.165) is 29.7 Å². The average Bonchev–Trinajstić information content (AvgIpc) is 3.12. The molecule has 2 N–H and O–H groups in total. The first-order valence-corrected chi connectivity index (χ1v) is 9.23. The molecule has 2 aromatic heterocycles. The van der Waals surface area contributed by atoms with E-state index in [1.54, 1.807) is 24.5 Å². The van der Waals surface area contributed by atoms with Gasteiger partial charge < -0.3 is 10.3 Å². The van der Waals surface area contributed by atoms with Crippen molar-refractivity contribution in [1.82, 2.24) is 15.0 Å². The molecule has 4 aromatic rings. The second kappa shape index (κ2) is 7.79. The number of fused-ring (bicyclic) bond motifs is 1. The Morgan fingerprint density at radius 1 is 1.03 bits per heavy atom. The standard InChI is InChI=1S/C21H14ClF3N4O/c22-16-11-18-17(10-15(16)21(23,24)25)28-19(29-18)20(30)27-14-3-1-12(2-4-14)9-13-5-7-26-8-6-13/h1-8,10-11H,9H2,(H,27,30)(H,28,29). The van der Waals surface area contributed by atoms with Crippen molar-refractivity contribution in [1.29, 1.82) is 0 Å². The molecule has 0 saturated heterocycles. The fourth-order valence-corrected chi connectivity index (χ4v) is 3.25. The van der Waals surface area contributed by atoms with Crippen molar-refractivity contribution < 1.29 is 18.0 Å². The molecule has 0 aliphatic rings. The molecular formula is C21H14ClF3N4O. The number of pyridine rings is 1. The Morgan fingerprint density at radius 3 is 2.37 bits per heavy atom. The number of carbonyl (C=O) groups excluding carboxylic acids is 1. The van der Waals surface area contributed by atoms with Crippen LogP contribution in [0, 0.1) is 0 Å². The fraction of sp³-hybridized carbons (Fsp3) is 0.0952. The van der Waals surface area contributed by atoms with Gasteiger partial charge in [0.05, 0.1) is 21.6 Å². The Hall–Kier alpha value is -3.39. The Kier molecular flexibility index (Phi) is 5.17. The number of H-pyrrole nitrogens is 1. The van der Waals surface area contributed by atoms with E-state index in [0.29, 0.717) is 5.69 Å². The lowest BCUT2D eigenvalue weighted by Gasteiger charge is -2.07. The number of nitrogens with zero attached hydrogens (tertiary/aromatic N) is 2. The minimum Gasteiger partial charge on any atom is -0.334 e. The highest BCUT2D eigenvalue weighted by Gasteiger charge is 2.34. The Morgan fingerprint density at radius 2 is 1.70 bits per heavy atom. The number of aromatic nitrogens is 3. The van der Waals surface area contributed by atoms with Gasteiger partial charge in [0.1, 0.15) is 0 Å². The number of nitrogens with one attached hydrogen (secondary N) is 2. The summed E-state index contributed by atoms with van der Waals surface area (Å²) < 4.78 is 39.0. The van der Waals surface area contributed by atoms with Crippen molar-refractivity contribution in [3.05, 3.63) is 88.5 Å². The van der Waals surface area contributed by atoms with Crippen molar-refractivity contribution in [2.75, 3.05) is 5.32 Å². The molecule has 0 spiro atoms. The molecule has 0 aliphatic heterocycles. The zero-order valence-electron chi connectivity index (χ0n) is 15.3. The molecule has 30 heavy (non-hydrogen) atoms. The maximum atomic E-state index is 13.0. The summed E-state index contributed by atoms with van der Waals surface area (Å²) in [5.41, 5.74) is 1.96. The normalized spacial score (nSPS) is 11.6. The molecule has 5 nitrogen and oxygen atoms in total. The van der Waals surface area contributed by atoms with Crippen LogP contribution in [0.25, 0.3) is 11.0 Å². The van der Waals surface area contributed by atoms with Gasteiger partial charge >= 0.3 is 6.18 Å². The highest BCUT2D eigenvalue weighted by Crippen LogP contribution is 2.36. The molecule has 1 amide bonds. The van der Waals surface area contributed by atoms with Crippen LogP contribution in [-0.4, -0.2) is 20.9 Å². The SMILES string of the molecule is O=C(Nc1ccc(Cc2ccncc2)cc1)c1nc2cc(Cl)c(C(F)(F)F)cc2[nH]1. The summed E-state index contributed by atoms with van der Waals surface area (Å²) >= 11 is 5.70. The second-order valence-corrected chi connectivity index (χ2v) is 7.02. The third-order valence-corrected chi connectivity index (χ3v) is 4.77. The van der Waals surface area contributed by atoms with Crippen LogP contribution in [0.15, 0.2) is 60.9 Å². The van der Waals surface area contributed by atoms with E-state index in [2.05, 4.69) is 20.3 Å². The number of hydrogen-bond donors (Lipinski definition) is 2. The summed E-state index contributed by atoms with van der Waals surface area (Å²) in [6, 6.07) is 13.0. The molecule has 0 fully saturated rings. The fourth-order valence-electron chi connectivity index (χ4n) is 2.99. The van der Waals surface area contributed by atoms with Gasteiger partial charge in [0.25, 0.3) is 5.91 Å². The number of amides is 1. The van der Waals surface area contributed by atoms with Crippen LogP contribution in [0.2, 0.25) is 5.02 Å². The van der Waals surface area contributed by atoms with Gasteiger partial charge in [-0.15, -0.1) is 0 Å². The van der Waals surface area contributed by atoms with Crippen LogP contribution in [0.4, 0.5) is 18.9 Å². The number of hydrogen-bond acceptors (Lipinski definition) is 3. The molecule has 0 unspecified atom stereocenters. The molecule has 9 heteroatoms. The Labute approximate surface area is 173 Å². The number of rotatable bonds is 4. The first-order chi connectivity index (χ1) is 14.3. The van der Waals surface area contributed by atoms with Crippen molar-refractivity contribution >= 4 is 34.2 Å². The lowest BCUT2D eigenvalue weighted by atomic mass is 10.1. The molecule has 0 radical (unpaired) electrons. The number of benzene rings is 2. The monoisotopic (exact) mass is 430 g/mol. The topological polar surface area (TPSA) is 70.7 Å². The molecule has 2 heterocycles. The smallest absolute Gasteiger partial charge is 0.334 e. The molecule has 152 valence electrons. The van der Waals surface area contributed by atoms with Crippen LogP contribution in [0.5, 0.6) is 0 Å². The summed E-state index contributed by atoms with van der Waals surface area (Å²) in [5, 5.41) is 2.20. The Balaban J connectivity index is 1.50.